The second-order valence-corrected chi connectivity index (χ2v) is 4.74. The second kappa shape index (κ2) is 5.14. The van der Waals surface area contributed by atoms with Gasteiger partial charge in [0.2, 0.25) is 5.91 Å². The SMILES string of the molecule is CC(C)N(CC(N)=O)C(=O)c1c[nH]c2ccccc12. The Labute approximate surface area is 111 Å². The van der Waals surface area contributed by atoms with Crippen LogP contribution in [0.4, 0.5) is 0 Å². The van der Waals surface area contributed by atoms with Crippen LogP contribution in [-0.2, 0) is 4.79 Å². The van der Waals surface area contributed by atoms with Crippen molar-refractivity contribution in [2.45, 2.75) is 19.9 Å². The average Bonchev–Trinajstić information content (AvgIpc) is 2.78. The number of nitrogens with zero attached hydrogens (tertiary/aromatic N) is 1. The van der Waals surface area contributed by atoms with Crippen LogP contribution in [0.15, 0.2) is 30.5 Å². The first-order valence-corrected chi connectivity index (χ1v) is 6.16. The van der Waals surface area contributed by atoms with Crippen molar-refractivity contribution in [1.29, 1.82) is 0 Å². The summed E-state index contributed by atoms with van der Waals surface area (Å²) in [6.45, 7) is 3.64. The summed E-state index contributed by atoms with van der Waals surface area (Å²) >= 11 is 0. The van der Waals surface area contributed by atoms with Crippen molar-refractivity contribution in [1.82, 2.24) is 9.88 Å². The fourth-order valence-corrected chi connectivity index (χ4v) is 2.06. The van der Waals surface area contributed by atoms with E-state index >= 15 is 0 Å². The predicted octanol–water partition coefficient (Wildman–Crippen LogP) is 1.50. The highest BCUT2D eigenvalue weighted by Crippen LogP contribution is 2.20. The number of aromatic amines is 1. The minimum atomic E-state index is -0.512. The van der Waals surface area contributed by atoms with Crippen molar-refractivity contribution < 1.29 is 9.59 Å². The number of hydrogen-bond acceptors (Lipinski definition) is 2. The van der Waals surface area contributed by atoms with Gasteiger partial charge in [-0.25, -0.2) is 0 Å². The molecule has 100 valence electrons. The fraction of sp³-hybridized carbons (Fsp3) is 0.286. The Hall–Kier alpha value is -2.30. The number of aromatic nitrogens is 1. The number of amides is 2. The summed E-state index contributed by atoms with van der Waals surface area (Å²) in [6, 6.07) is 7.47. The number of carbonyl (C=O) groups excluding carboxylic acids is 2. The van der Waals surface area contributed by atoms with Crippen LogP contribution in [0.5, 0.6) is 0 Å². The number of hydrogen-bond donors (Lipinski definition) is 2. The molecule has 19 heavy (non-hydrogen) atoms. The Morgan fingerprint density at radius 3 is 2.63 bits per heavy atom. The third-order valence-corrected chi connectivity index (χ3v) is 3.03. The summed E-state index contributed by atoms with van der Waals surface area (Å²) in [6.07, 6.45) is 1.67. The molecule has 3 N–H and O–H groups in total. The normalized spacial score (nSPS) is 10.9. The van der Waals surface area contributed by atoms with Gasteiger partial charge in [0.15, 0.2) is 0 Å². The third-order valence-electron chi connectivity index (χ3n) is 3.03. The summed E-state index contributed by atoms with van der Waals surface area (Å²) in [5, 5.41) is 0.850. The van der Waals surface area contributed by atoms with Crippen LogP contribution in [0.3, 0.4) is 0 Å². The summed E-state index contributed by atoms with van der Waals surface area (Å²) < 4.78 is 0. The molecule has 0 aliphatic carbocycles. The minimum absolute atomic E-state index is 0.0734. The van der Waals surface area contributed by atoms with E-state index in [-0.39, 0.29) is 18.5 Å². The van der Waals surface area contributed by atoms with E-state index in [0.717, 1.165) is 10.9 Å². The monoisotopic (exact) mass is 259 g/mol. The molecule has 1 aromatic carbocycles. The number of benzene rings is 1. The van der Waals surface area contributed by atoms with E-state index in [1.54, 1.807) is 6.20 Å². The summed E-state index contributed by atoms with van der Waals surface area (Å²) in [5.74, 6) is -0.701. The molecule has 0 aliphatic heterocycles. The van der Waals surface area contributed by atoms with Gasteiger partial charge in [-0.05, 0) is 19.9 Å². The van der Waals surface area contributed by atoms with Gasteiger partial charge in [0.1, 0.15) is 0 Å². The highest BCUT2D eigenvalue weighted by Gasteiger charge is 2.22. The molecule has 2 rings (SSSR count). The van der Waals surface area contributed by atoms with E-state index in [0.29, 0.717) is 5.56 Å². The maximum Gasteiger partial charge on any atom is 0.256 e. The van der Waals surface area contributed by atoms with Crippen LogP contribution in [-0.4, -0.2) is 34.3 Å². The van der Waals surface area contributed by atoms with Crippen molar-refractivity contribution in [2.75, 3.05) is 6.54 Å². The molecule has 1 heterocycles. The molecule has 0 aliphatic rings. The molecule has 5 nitrogen and oxygen atoms in total. The minimum Gasteiger partial charge on any atom is -0.368 e. The van der Waals surface area contributed by atoms with Gasteiger partial charge >= 0.3 is 0 Å². The number of H-pyrrole nitrogens is 1. The molecular weight excluding hydrogens is 242 g/mol. The molecule has 1 aromatic heterocycles. The Kier molecular flexibility index (Phi) is 3.55. The topological polar surface area (TPSA) is 79.2 Å². The molecule has 0 saturated heterocycles. The van der Waals surface area contributed by atoms with Gasteiger partial charge in [-0.3, -0.25) is 9.59 Å². The molecule has 0 saturated carbocycles. The van der Waals surface area contributed by atoms with Crippen molar-refractivity contribution in [3.8, 4) is 0 Å². The molecule has 0 bridgehead atoms. The number of nitrogens with two attached hydrogens (primary N) is 1. The zero-order valence-electron chi connectivity index (χ0n) is 11.0. The van der Waals surface area contributed by atoms with Crippen LogP contribution in [0, 0.1) is 0 Å². The molecule has 2 amide bonds. The van der Waals surface area contributed by atoms with Crippen molar-refractivity contribution in [3.63, 3.8) is 0 Å². The average molecular weight is 259 g/mol. The third kappa shape index (κ3) is 2.59. The van der Waals surface area contributed by atoms with Gasteiger partial charge in [0.25, 0.3) is 5.91 Å². The number of carbonyl (C=O) groups is 2. The number of rotatable bonds is 4. The zero-order valence-corrected chi connectivity index (χ0v) is 11.0. The lowest BCUT2D eigenvalue weighted by Gasteiger charge is -2.25. The van der Waals surface area contributed by atoms with Crippen LogP contribution >= 0.6 is 0 Å². The molecule has 5 heteroatoms. The van der Waals surface area contributed by atoms with Crippen LogP contribution in [0.2, 0.25) is 0 Å². The summed E-state index contributed by atoms with van der Waals surface area (Å²) in [7, 11) is 0. The molecule has 0 fully saturated rings. The Morgan fingerprint density at radius 2 is 2.00 bits per heavy atom. The first-order valence-electron chi connectivity index (χ1n) is 6.16. The Bertz CT molecular complexity index is 616. The number of primary amides is 1. The van der Waals surface area contributed by atoms with E-state index in [4.69, 9.17) is 5.73 Å². The molecule has 0 atom stereocenters. The first-order chi connectivity index (χ1) is 9.00. The van der Waals surface area contributed by atoms with Crippen molar-refractivity contribution in [2.24, 2.45) is 5.73 Å². The molecule has 0 spiro atoms. The highest BCUT2D eigenvalue weighted by molar-refractivity contribution is 6.07. The maximum atomic E-state index is 12.5. The first kappa shape index (κ1) is 13.1. The highest BCUT2D eigenvalue weighted by atomic mass is 16.2. The van der Waals surface area contributed by atoms with Crippen LogP contribution in [0.25, 0.3) is 10.9 Å². The lowest BCUT2D eigenvalue weighted by atomic mass is 10.1. The zero-order chi connectivity index (χ0) is 14.0. The molecule has 2 aromatic rings. The quantitative estimate of drug-likeness (QED) is 0.872. The Balaban J connectivity index is 2.39. The van der Waals surface area contributed by atoms with Gasteiger partial charge in [0, 0.05) is 23.1 Å². The number of nitrogens with one attached hydrogen (secondary N) is 1. The van der Waals surface area contributed by atoms with Crippen molar-refractivity contribution >= 4 is 22.7 Å². The lowest BCUT2D eigenvalue weighted by molar-refractivity contribution is -0.119. The fourth-order valence-electron chi connectivity index (χ4n) is 2.06. The van der Waals surface area contributed by atoms with E-state index < -0.39 is 5.91 Å². The van der Waals surface area contributed by atoms with E-state index in [2.05, 4.69) is 4.98 Å². The lowest BCUT2D eigenvalue weighted by Crippen LogP contribution is -2.42. The van der Waals surface area contributed by atoms with Gasteiger partial charge in [0.05, 0.1) is 12.1 Å². The van der Waals surface area contributed by atoms with Gasteiger partial charge < -0.3 is 15.6 Å². The van der Waals surface area contributed by atoms with Gasteiger partial charge in [-0.15, -0.1) is 0 Å². The van der Waals surface area contributed by atoms with Gasteiger partial charge in [-0.2, -0.15) is 0 Å². The number of para-hydroxylation sites is 1. The smallest absolute Gasteiger partial charge is 0.256 e. The van der Waals surface area contributed by atoms with Crippen LogP contribution < -0.4 is 5.73 Å². The number of fused-ring (bicyclic) bond motifs is 1. The van der Waals surface area contributed by atoms with E-state index in [9.17, 15) is 9.59 Å². The van der Waals surface area contributed by atoms with E-state index in [1.165, 1.54) is 4.90 Å². The second-order valence-electron chi connectivity index (χ2n) is 4.74. The van der Waals surface area contributed by atoms with Gasteiger partial charge in [-0.1, -0.05) is 18.2 Å². The largest absolute Gasteiger partial charge is 0.368 e. The summed E-state index contributed by atoms with van der Waals surface area (Å²) in [4.78, 5) is 28.1. The van der Waals surface area contributed by atoms with Crippen LogP contribution in [0.1, 0.15) is 24.2 Å². The van der Waals surface area contributed by atoms with Crippen molar-refractivity contribution in [3.05, 3.63) is 36.0 Å². The summed E-state index contributed by atoms with van der Waals surface area (Å²) in [5.41, 5.74) is 6.65. The molecule has 0 radical (unpaired) electrons. The predicted molar refractivity (Wildman–Crippen MR) is 73.7 cm³/mol. The van der Waals surface area contributed by atoms with E-state index in [1.807, 2.05) is 38.1 Å². The standard InChI is InChI=1S/C14H17N3O2/c1-9(2)17(8-13(15)18)14(19)11-7-16-12-6-4-3-5-10(11)12/h3-7,9,16H,8H2,1-2H3,(H2,15,18). The Morgan fingerprint density at radius 1 is 1.32 bits per heavy atom. The maximum absolute atomic E-state index is 12.5. The molecular formula is C14H17N3O2. The molecule has 0 unspecified atom stereocenters.